The van der Waals surface area contributed by atoms with Crippen LogP contribution in [0.2, 0.25) is 10.0 Å². The van der Waals surface area contributed by atoms with Gasteiger partial charge in [-0.1, -0.05) is 41.4 Å². The number of halogens is 3. The monoisotopic (exact) mass is 581 g/mol. The van der Waals surface area contributed by atoms with Gasteiger partial charge in [0.05, 0.1) is 26.4 Å². The first-order chi connectivity index (χ1) is 16.0. The van der Waals surface area contributed by atoms with Crippen molar-refractivity contribution in [2.45, 2.75) is 18.7 Å². The second kappa shape index (κ2) is 9.53. The summed E-state index contributed by atoms with van der Waals surface area (Å²) < 4.78 is 36.0. The van der Waals surface area contributed by atoms with Crippen LogP contribution in [0.1, 0.15) is 11.1 Å². The largest absolute Gasteiger partial charge is 0.439 e. The van der Waals surface area contributed by atoms with Crippen molar-refractivity contribution in [2.75, 3.05) is 4.72 Å². The number of aryl methyl sites for hydroxylation is 3. The topological polar surface area (TPSA) is 99.0 Å². The molecule has 176 valence electrons. The van der Waals surface area contributed by atoms with Gasteiger partial charge in [-0.25, -0.2) is 18.1 Å². The molecule has 2 aromatic carbocycles. The summed E-state index contributed by atoms with van der Waals surface area (Å²) in [6, 6.07) is 10.6. The predicted molar refractivity (Wildman–Crippen MR) is 135 cm³/mol. The van der Waals surface area contributed by atoms with Crippen molar-refractivity contribution in [2.24, 2.45) is 7.05 Å². The Morgan fingerprint density at radius 2 is 1.71 bits per heavy atom. The molecule has 4 aromatic rings. The molecule has 0 atom stereocenters. The number of ether oxygens (including phenoxy) is 1. The van der Waals surface area contributed by atoms with Gasteiger partial charge in [0.2, 0.25) is 11.8 Å². The second-order valence-electron chi connectivity index (χ2n) is 7.44. The first kappa shape index (κ1) is 24.5. The third kappa shape index (κ3) is 5.20. The Balaban J connectivity index is 1.81. The number of nitrogens with zero attached hydrogens (tertiary/aromatic N) is 4. The van der Waals surface area contributed by atoms with Crippen LogP contribution in [-0.2, 0) is 17.1 Å². The fraction of sp³-hybridized carbons (Fsp3) is 0.136. The van der Waals surface area contributed by atoms with E-state index in [9.17, 15) is 8.42 Å². The third-order valence-corrected chi connectivity index (χ3v) is 8.03. The summed E-state index contributed by atoms with van der Waals surface area (Å²) in [6.07, 6.45) is 2.61. The maximum absolute atomic E-state index is 12.9. The lowest BCUT2D eigenvalue weighted by Gasteiger charge is -2.14. The minimum absolute atomic E-state index is 0.0231. The average Bonchev–Trinajstić information content (AvgIpc) is 3.19. The van der Waals surface area contributed by atoms with Gasteiger partial charge in [-0.3, -0.25) is 4.68 Å². The number of nitrogens with one attached hydrogen (secondary N) is 1. The molecular weight excluding hydrogens is 565 g/mol. The second-order valence-corrected chi connectivity index (χ2v) is 10.7. The summed E-state index contributed by atoms with van der Waals surface area (Å²) in [5.74, 6) is 0.268. The Labute approximate surface area is 215 Å². The smallest absolute Gasteiger partial charge is 0.267 e. The molecule has 0 aliphatic rings. The number of hydrogen-bond donors (Lipinski definition) is 1. The molecule has 0 amide bonds. The molecule has 0 spiro atoms. The number of rotatable bonds is 6. The lowest BCUT2D eigenvalue weighted by molar-refractivity contribution is 0.463. The van der Waals surface area contributed by atoms with Gasteiger partial charge in [-0.05, 0) is 40.9 Å². The molecule has 0 unspecified atom stereocenters. The molecule has 8 nitrogen and oxygen atoms in total. The number of hydrogen-bond acceptors (Lipinski definition) is 6. The molecular formula is C22H18BrCl2N5O3S. The normalized spacial score (nSPS) is 11.5. The fourth-order valence-electron chi connectivity index (χ4n) is 3.30. The van der Waals surface area contributed by atoms with Gasteiger partial charge in [0.15, 0.2) is 0 Å². The van der Waals surface area contributed by atoms with Crippen molar-refractivity contribution in [3.8, 4) is 22.9 Å². The van der Waals surface area contributed by atoms with Gasteiger partial charge in [-0.2, -0.15) is 10.1 Å². The third-order valence-electron chi connectivity index (χ3n) is 4.84. The molecule has 0 saturated carbocycles. The summed E-state index contributed by atoms with van der Waals surface area (Å²) in [5, 5.41) is 4.61. The molecule has 0 fully saturated rings. The maximum atomic E-state index is 12.9. The molecule has 0 radical (unpaired) electrons. The Morgan fingerprint density at radius 3 is 2.29 bits per heavy atom. The molecule has 12 heteroatoms. The number of anilines is 1. The van der Waals surface area contributed by atoms with E-state index in [-0.39, 0.29) is 16.7 Å². The van der Waals surface area contributed by atoms with E-state index in [1.165, 1.54) is 17.1 Å². The first-order valence-electron chi connectivity index (χ1n) is 9.83. The Kier molecular flexibility index (Phi) is 6.86. The van der Waals surface area contributed by atoms with Crippen molar-refractivity contribution in [1.29, 1.82) is 0 Å². The summed E-state index contributed by atoms with van der Waals surface area (Å²) in [5.41, 5.74) is 3.24. The van der Waals surface area contributed by atoms with Crippen LogP contribution in [-0.4, -0.2) is 28.2 Å². The highest BCUT2D eigenvalue weighted by Crippen LogP contribution is 2.37. The van der Waals surface area contributed by atoms with E-state index in [4.69, 9.17) is 27.9 Å². The standard InChI is InChI=1S/C22H18BrCl2N5O3S/c1-12-5-4-6-13(2)20(12)18-9-19(33-14-7-16(24)21(23)17(25)8-14)28-22(27-18)29-34(31,32)15-10-26-30(3)11-15/h4-11H,1-3H3,(H,27,28,29). The van der Waals surface area contributed by atoms with Gasteiger partial charge >= 0.3 is 0 Å². The Morgan fingerprint density at radius 1 is 1.06 bits per heavy atom. The quantitative estimate of drug-likeness (QED) is 0.273. The van der Waals surface area contributed by atoms with E-state index in [1.54, 1.807) is 25.2 Å². The van der Waals surface area contributed by atoms with Crippen molar-refractivity contribution < 1.29 is 13.2 Å². The fourth-order valence-corrected chi connectivity index (χ4v) is 4.92. The van der Waals surface area contributed by atoms with Gasteiger partial charge < -0.3 is 4.74 Å². The van der Waals surface area contributed by atoms with E-state index in [0.29, 0.717) is 26.0 Å². The van der Waals surface area contributed by atoms with E-state index in [2.05, 4.69) is 35.7 Å². The highest BCUT2D eigenvalue weighted by atomic mass is 79.9. The van der Waals surface area contributed by atoms with Gasteiger partial charge in [-0.15, -0.1) is 0 Å². The average molecular weight is 583 g/mol. The van der Waals surface area contributed by atoms with Crippen LogP contribution >= 0.6 is 39.1 Å². The van der Waals surface area contributed by atoms with Crippen LogP contribution in [0, 0.1) is 13.8 Å². The summed E-state index contributed by atoms with van der Waals surface area (Å²) in [4.78, 5) is 8.71. The minimum Gasteiger partial charge on any atom is -0.439 e. The Bertz CT molecular complexity index is 1470. The van der Waals surface area contributed by atoms with Crippen molar-refractivity contribution in [1.82, 2.24) is 19.7 Å². The van der Waals surface area contributed by atoms with E-state index in [0.717, 1.165) is 16.7 Å². The summed E-state index contributed by atoms with van der Waals surface area (Å²) in [7, 11) is -2.36. The highest BCUT2D eigenvalue weighted by molar-refractivity contribution is 9.10. The zero-order valence-corrected chi connectivity index (χ0v) is 22.1. The zero-order chi connectivity index (χ0) is 24.6. The Hall–Kier alpha value is -2.66. The van der Waals surface area contributed by atoms with Gasteiger partial charge in [0.1, 0.15) is 10.6 Å². The maximum Gasteiger partial charge on any atom is 0.267 e. The first-order valence-corrected chi connectivity index (χ1v) is 12.9. The minimum atomic E-state index is -3.98. The predicted octanol–water partition coefficient (Wildman–Crippen LogP) is 6.16. The SMILES string of the molecule is Cc1cccc(C)c1-c1cc(Oc2cc(Cl)c(Br)c(Cl)c2)nc(NS(=O)(=O)c2cnn(C)c2)n1. The zero-order valence-electron chi connectivity index (χ0n) is 18.2. The molecule has 1 N–H and O–H groups in total. The molecule has 0 aliphatic carbocycles. The molecule has 0 aliphatic heterocycles. The van der Waals surface area contributed by atoms with Crippen molar-refractivity contribution in [3.05, 3.63) is 74.4 Å². The molecule has 0 bridgehead atoms. The highest BCUT2D eigenvalue weighted by Gasteiger charge is 2.20. The van der Waals surface area contributed by atoms with Crippen LogP contribution in [0.3, 0.4) is 0 Å². The van der Waals surface area contributed by atoms with Crippen LogP contribution in [0.15, 0.2) is 58.2 Å². The van der Waals surface area contributed by atoms with Crippen molar-refractivity contribution in [3.63, 3.8) is 0 Å². The molecule has 4 rings (SSSR count). The number of sulfonamides is 1. The van der Waals surface area contributed by atoms with Crippen molar-refractivity contribution >= 4 is 55.1 Å². The van der Waals surface area contributed by atoms with E-state index in [1.807, 2.05) is 32.0 Å². The number of aromatic nitrogens is 4. The van der Waals surface area contributed by atoms with E-state index < -0.39 is 10.0 Å². The molecule has 2 aromatic heterocycles. The van der Waals surface area contributed by atoms with Gasteiger partial charge in [0.25, 0.3) is 10.0 Å². The summed E-state index contributed by atoms with van der Waals surface area (Å²) in [6.45, 7) is 3.89. The molecule has 0 saturated heterocycles. The van der Waals surface area contributed by atoms with Crippen LogP contribution in [0.25, 0.3) is 11.3 Å². The van der Waals surface area contributed by atoms with E-state index >= 15 is 0 Å². The molecule has 2 heterocycles. The van der Waals surface area contributed by atoms with Gasteiger partial charge in [0, 0.05) is 37.0 Å². The van der Waals surface area contributed by atoms with Crippen LogP contribution in [0.4, 0.5) is 5.95 Å². The molecule has 34 heavy (non-hydrogen) atoms. The lowest BCUT2D eigenvalue weighted by atomic mass is 10.00. The summed E-state index contributed by atoms with van der Waals surface area (Å²) >= 11 is 15.7. The van der Waals surface area contributed by atoms with Crippen LogP contribution in [0.5, 0.6) is 11.6 Å². The number of benzene rings is 2. The lowest BCUT2D eigenvalue weighted by Crippen LogP contribution is -2.15. The van der Waals surface area contributed by atoms with Crippen LogP contribution < -0.4 is 9.46 Å².